The van der Waals surface area contributed by atoms with Gasteiger partial charge in [-0.1, -0.05) is 46.5 Å². The van der Waals surface area contributed by atoms with Crippen molar-refractivity contribution in [1.29, 1.82) is 0 Å². The van der Waals surface area contributed by atoms with Crippen LogP contribution in [0.15, 0.2) is 53.8 Å². The van der Waals surface area contributed by atoms with E-state index < -0.39 is 0 Å². The van der Waals surface area contributed by atoms with Crippen LogP contribution in [0.1, 0.15) is 39.4 Å². The molecule has 2 aromatic rings. The highest BCUT2D eigenvalue weighted by Gasteiger charge is 2.24. The maximum atomic E-state index is 13.3. The first kappa shape index (κ1) is 27.5. The molecular formula is C28H36Cl2N6O. The quantitative estimate of drug-likeness (QED) is 0.530. The third-order valence-corrected chi connectivity index (χ3v) is 7.77. The summed E-state index contributed by atoms with van der Waals surface area (Å²) in [6.45, 7) is 10.00. The molecule has 2 N–H and O–H groups in total. The molecule has 0 spiro atoms. The van der Waals surface area contributed by atoms with Crippen LogP contribution in [-0.2, 0) is 0 Å². The van der Waals surface area contributed by atoms with Crippen LogP contribution in [0.25, 0.3) is 0 Å². The van der Waals surface area contributed by atoms with Crippen molar-refractivity contribution in [2.45, 2.75) is 26.2 Å². The number of rotatable bonds is 8. The number of hydrogen-bond donors (Lipinski definition) is 1. The van der Waals surface area contributed by atoms with E-state index in [0.29, 0.717) is 29.0 Å². The van der Waals surface area contributed by atoms with Crippen LogP contribution in [0, 0.1) is 13.8 Å². The van der Waals surface area contributed by atoms with Gasteiger partial charge in [-0.2, -0.15) is 0 Å². The lowest BCUT2D eigenvalue weighted by Gasteiger charge is -2.41. The summed E-state index contributed by atoms with van der Waals surface area (Å²) in [5, 5.41) is 5.54. The molecule has 1 atom stereocenters. The van der Waals surface area contributed by atoms with E-state index in [9.17, 15) is 4.79 Å². The van der Waals surface area contributed by atoms with E-state index in [1.54, 1.807) is 6.20 Å². The number of nitrogens with zero attached hydrogens (tertiary/aromatic N) is 5. The number of carbonyl (C=O) groups excluding carboxylic acids is 1. The van der Waals surface area contributed by atoms with Crippen molar-refractivity contribution >= 4 is 34.9 Å². The lowest BCUT2D eigenvalue weighted by atomic mass is 9.94. The lowest BCUT2D eigenvalue weighted by molar-refractivity contribution is -0.0122. The minimum atomic E-state index is 0.0304. The number of halogens is 2. The molecule has 0 unspecified atom stereocenters. The summed E-state index contributed by atoms with van der Waals surface area (Å²) in [7, 11) is 1.88. The van der Waals surface area contributed by atoms with Gasteiger partial charge < -0.3 is 20.5 Å². The second-order valence-electron chi connectivity index (χ2n) is 10.0. The summed E-state index contributed by atoms with van der Waals surface area (Å²) in [5.74, 6) is 0.797. The SMILES string of the molecule is Cc1cc(C)cc(C(=O)N(C)C[C@@H](CCN2CCN(N3C=CN=C(N)C3)CC2)c2ccc(Cl)c(Cl)c2)c1. The highest BCUT2D eigenvalue weighted by Crippen LogP contribution is 2.29. The van der Waals surface area contributed by atoms with E-state index in [1.807, 2.05) is 62.3 Å². The number of nitrogens with two attached hydrogens (primary N) is 1. The largest absolute Gasteiger partial charge is 0.386 e. The van der Waals surface area contributed by atoms with Gasteiger partial charge in [-0.25, -0.2) is 10.0 Å². The molecule has 37 heavy (non-hydrogen) atoms. The van der Waals surface area contributed by atoms with Crippen LogP contribution in [0.3, 0.4) is 0 Å². The normalized spacial score (nSPS) is 17.5. The summed E-state index contributed by atoms with van der Waals surface area (Å²) in [6.07, 6.45) is 4.64. The molecule has 4 rings (SSSR count). The predicted octanol–water partition coefficient (Wildman–Crippen LogP) is 4.53. The molecule has 2 aliphatic heterocycles. The molecule has 0 bridgehead atoms. The lowest BCUT2D eigenvalue weighted by Crippen LogP contribution is -2.54. The smallest absolute Gasteiger partial charge is 0.253 e. The first-order valence-corrected chi connectivity index (χ1v) is 13.5. The molecule has 198 valence electrons. The molecule has 1 saturated heterocycles. The Labute approximate surface area is 230 Å². The predicted molar refractivity (Wildman–Crippen MR) is 152 cm³/mol. The highest BCUT2D eigenvalue weighted by atomic mass is 35.5. The molecular weight excluding hydrogens is 507 g/mol. The fourth-order valence-electron chi connectivity index (χ4n) is 5.08. The van der Waals surface area contributed by atoms with Gasteiger partial charge in [0.25, 0.3) is 5.91 Å². The standard InChI is InChI=1S/C28H36Cl2N6O/c1-20-14-21(2)16-24(15-20)28(37)33(3)18-23(22-4-5-25(29)26(30)17-22)6-8-34-10-12-35(13-11-34)36-9-7-32-27(31)19-36/h4-5,7,9,14-17,23H,6,8,10-13,18-19H2,1-3H3,(H2,31,32)/t23-/m1/s1. The van der Waals surface area contributed by atoms with Crippen LogP contribution in [-0.4, -0.2) is 84.4 Å². The molecule has 2 aliphatic rings. The van der Waals surface area contributed by atoms with E-state index in [4.69, 9.17) is 28.9 Å². The molecule has 0 saturated carbocycles. The van der Waals surface area contributed by atoms with Crippen molar-refractivity contribution in [1.82, 2.24) is 19.8 Å². The molecule has 0 aromatic heterocycles. The Morgan fingerprint density at radius 1 is 1.05 bits per heavy atom. The van der Waals surface area contributed by atoms with Gasteiger partial charge >= 0.3 is 0 Å². The molecule has 2 heterocycles. The maximum Gasteiger partial charge on any atom is 0.253 e. The van der Waals surface area contributed by atoms with Crippen molar-refractivity contribution in [3.63, 3.8) is 0 Å². The van der Waals surface area contributed by atoms with Crippen LogP contribution >= 0.6 is 23.2 Å². The highest BCUT2D eigenvalue weighted by molar-refractivity contribution is 6.42. The van der Waals surface area contributed by atoms with Crippen molar-refractivity contribution in [2.75, 3.05) is 52.9 Å². The number of amides is 1. The first-order chi connectivity index (χ1) is 17.7. The number of carbonyl (C=O) groups is 1. The fraction of sp³-hybridized carbons (Fsp3) is 0.429. The molecule has 1 amide bonds. The molecule has 7 nitrogen and oxygen atoms in total. The van der Waals surface area contributed by atoms with E-state index in [2.05, 4.69) is 26.0 Å². The molecule has 0 radical (unpaired) electrons. The minimum absolute atomic E-state index is 0.0304. The van der Waals surface area contributed by atoms with E-state index in [1.165, 1.54) is 0 Å². The molecule has 9 heteroatoms. The Balaban J connectivity index is 1.40. The summed E-state index contributed by atoms with van der Waals surface area (Å²) >= 11 is 12.6. The van der Waals surface area contributed by atoms with E-state index in [-0.39, 0.29) is 11.8 Å². The number of piperazine rings is 1. The van der Waals surface area contributed by atoms with Gasteiger partial charge in [0.05, 0.1) is 16.6 Å². The van der Waals surface area contributed by atoms with Gasteiger partial charge in [0, 0.05) is 63.7 Å². The van der Waals surface area contributed by atoms with Crippen LogP contribution in [0.2, 0.25) is 10.0 Å². The number of aliphatic imine (C=N–C) groups is 1. The monoisotopic (exact) mass is 542 g/mol. The summed E-state index contributed by atoms with van der Waals surface area (Å²) in [5.41, 5.74) is 9.90. The Morgan fingerprint density at radius 3 is 2.41 bits per heavy atom. The van der Waals surface area contributed by atoms with E-state index in [0.717, 1.165) is 61.4 Å². The second-order valence-corrected chi connectivity index (χ2v) is 10.8. The van der Waals surface area contributed by atoms with Gasteiger partial charge in [-0.3, -0.25) is 4.79 Å². The zero-order chi connectivity index (χ0) is 26.5. The average molecular weight is 544 g/mol. The maximum absolute atomic E-state index is 13.3. The van der Waals surface area contributed by atoms with Crippen LogP contribution < -0.4 is 5.73 Å². The topological polar surface area (TPSA) is 68.4 Å². The Morgan fingerprint density at radius 2 is 1.76 bits per heavy atom. The van der Waals surface area contributed by atoms with Gasteiger partial charge in [0.2, 0.25) is 0 Å². The van der Waals surface area contributed by atoms with Gasteiger partial charge in [-0.15, -0.1) is 0 Å². The van der Waals surface area contributed by atoms with Crippen molar-refractivity contribution in [3.8, 4) is 0 Å². The number of hydrazine groups is 1. The van der Waals surface area contributed by atoms with Gasteiger partial charge in [0.15, 0.2) is 0 Å². The van der Waals surface area contributed by atoms with Crippen molar-refractivity contribution in [3.05, 3.63) is 81.1 Å². The number of likely N-dealkylation sites (N-methyl/N-ethyl adjacent to an activating group) is 1. The van der Waals surface area contributed by atoms with Crippen LogP contribution in [0.4, 0.5) is 0 Å². The number of benzene rings is 2. The van der Waals surface area contributed by atoms with Crippen LogP contribution in [0.5, 0.6) is 0 Å². The average Bonchev–Trinajstić information content (AvgIpc) is 2.87. The summed E-state index contributed by atoms with van der Waals surface area (Å²) in [6, 6.07) is 11.8. The third kappa shape index (κ3) is 7.26. The van der Waals surface area contributed by atoms with Crippen molar-refractivity contribution < 1.29 is 4.79 Å². The molecule has 2 aromatic carbocycles. The zero-order valence-electron chi connectivity index (χ0n) is 21.8. The van der Waals surface area contributed by atoms with Gasteiger partial charge in [-0.05, 0) is 56.6 Å². The Hall–Kier alpha value is -2.58. The molecule has 1 fully saturated rings. The second kappa shape index (κ2) is 12.3. The Bertz CT molecular complexity index is 1160. The Kier molecular flexibility index (Phi) is 9.13. The summed E-state index contributed by atoms with van der Waals surface area (Å²) in [4.78, 5) is 21.7. The van der Waals surface area contributed by atoms with E-state index >= 15 is 0 Å². The minimum Gasteiger partial charge on any atom is -0.386 e. The third-order valence-electron chi connectivity index (χ3n) is 7.03. The zero-order valence-corrected chi connectivity index (χ0v) is 23.3. The fourth-order valence-corrected chi connectivity index (χ4v) is 5.38. The van der Waals surface area contributed by atoms with Crippen molar-refractivity contribution in [2.24, 2.45) is 10.7 Å². The number of hydrogen-bond acceptors (Lipinski definition) is 6. The number of aryl methyl sites for hydroxylation is 2. The first-order valence-electron chi connectivity index (χ1n) is 12.7. The number of amidine groups is 1. The van der Waals surface area contributed by atoms with Gasteiger partial charge in [0.1, 0.15) is 5.84 Å². The molecule has 0 aliphatic carbocycles. The summed E-state index contributed by atoms with van der Waals surface area (Å²) < 4.78 is 0.